The topological polar surface area (TPSA) is 175 Å². The van der Waals surface area contributed by atoms with Crippen molar-refractivity contribution in [1.29, 1.82) is 0 Å². The average Bonchev–Trinajstić information content (AvgIpc) is 3.43. The van der Waals surface area contributed by atoms with E-state index in [1.54, 1.807) is 39.0 Å². The van der Waals surface area contributed by atoms with E-state index < -0.39 is 24.5 Å². The molecule has 3 N–H and O–H groups in total. The number of rotatable bonds is 10. The minimum atomic E-state index is -2.78. The number of imide groups is 1. The number of anilines is 5. The zero-order valence-electron chi connectivity index (χ0n) is 32.3. The van der Waals surface area contributed by atoms with Crippen LogP contribution in [-0.2, 0) is 20.7 Å². The molecular formula is C40H42BrN10O5PS. The summed E-state index contributed by atoms with van der Waals surface area (Å²) in [6, 6.07) is 12.9. The number of ether oxygens (including phenoxy) is 1. The Kier molecular flexibility index (Phi) is 10.9. The molecule has 2 atom stereocenters. The number of halogens is 1. The Bertz CT molecular complexity index is 2530. The highest BCUT2D eigenvalue weighted by atomic mass is 79.9. The van der Waals surface area contributed by atoms with Gasteiger partial charge in [0.05, 0.1) is 33.8 Å². The Balaban J connectivity index is 0.934. The van der Waals surface area contributed by atoms with Crippen LogP contribution < -0.4 is 30.9 Å². The molecule has 0 bridgehead atoms. The average molecular weight is 886 g/mol. The van der Waals surface area contributed by atoms with E-state index in [0.29, 0.717) is 61.8 Å². The molecule has 300 valence electrons. The van der Waals surface area contributed by atoms with Crippen molar-refractivity contribution in [1.82, 2.24) is 35.1 Å². The quantitative estimate of drug-likeness (QED) is 0.0760. The summed E-state index contributed by atoms with van der Waals surface area (Å²) < 4.78 is 20.0. The fourth-order valence-electron chi connectivity index (χ4n) is 7.89. The highest BCUT2D eigenvalue weighted by Crippen LogP contribution is 2.42. The fraction of sp³-hybridized carbons (Fsp3) is 0.325. The van der Waals surface area contributed by atoms with E-state index in [4.69, 9.17) is 22.3 Å². The van der Waals surface area contributed by atoms with Crippen LogP contribution in [0.15, 0.2) is 65.5 Å². The first-order valence-corrected chi connectivity index (χ1v) is 22.7. The van der Waals surface area contributed by atoms with Gasteiger partial charge in [-0.25, -0.2) is 4.98 Å². The van der Waals surface area contributed by atoms with E-state index in [1.165, 1.54) is 4.90 Å². The van der Waals surface area contributed by atoms with E-state index in [1.807, 2.05) is 42.5 Å². The minimum absolute atomic E-state index is 0.193. The molecule has 3 aliphatic rings. The second-order valence-corrected chi connectivity index (χ2v) is 19.4. The minimum Gasteiger partial charge on any atom is -0.494 e. The number of amides is 3. The summed E-state index contributed by atoms with van der Waals surface area (Å²) in [7, 11) is -1.15. The highest BCUT2D eigenvalue weighted by Gasteiger charge is 2.43. The van der Waals surface area contributed by atoms with Crippen LogP contribution in [0.5, 0.6) is 5.75 Å². The van der Waals surface area contributed by atoms with Gasteiger partial charge in [-0.3, -0.25) is 34.6 Å². The molecule has 2 unspecified atom stereocenters. The van der Waals surface area contributed by atoms with Gasteiger partial charge < -0.3 is 29.7 Å². The number of hydrogen-bond acceptors (Lipinski definition) is 14. The number of fused-ring (bicyclic) bond motifs is 2. The van der Waals surface area contributed by atoms with Crippen LogP contribution in [0, 0.1) is 6.92 Å². The summed E-state index contributed by atoms with van der Waals surface area (Å²) in [6.45, 7) is 9.35. The summed E-state index contributed by atoms with van der Waals surface area (Å²) >= 11 is 8.26. The second-order valence-electron chi connectivity index (χ2n) is 15.0. The number of aromatic nitrogens is 4. The first kappa shape index (κ1) is 39.7. The third-order valence-corrected chi connectivity index (χ3v) is 13.3. The van der Waals surface area contributed by atoms with Crippen LogP contribution in [0.25, 0.3) is 11.0 Å². The molecule has 15 nitrogen and oxygen atoms in total. The Hall–Kier alpha value is -5.09. The number of nitrogens with one attached hydrogen (secondary N) is 3. The van der Waals surface area contributed by atoms with Crippen molar-refractivity contribution in [2.24, 2.45) is 0 Å². The van der Waals surface area contributed by atoms with Crippen molar-refractivity contribution < 1.29 is 23.7 Å². The summed E-state index contributed by atoms with van der Waals surface area (Å²) in [5, 5.41) is 9.07. The monoisotopic (exact) mass is 884 g/mol. The molecule has 0 radical (unpaired) electrons. The van der Waals surface area contributed by atoms with Gasteiger partial charge in [0.15, 0.2) is 0 Å². The van der Waals surface area contributed by atoms with Crippen molar-refractivity contribution in [3.8, 4) is 5.75 Å². The molecule has 3 amide bonds. The van der Waals surface area contributed by atoms with Crippen molar-refractivity contribution in [2.75, 3.05) is 62.2 Å². The van der Waals surface area contributed by atoms with Crippen LogP contribution in [0.3, 0.4) is 0 Å². The SMILES string of the molecule is COc1cc(N2CCN(Cc3ccc4c(c3)C(=O)N(C3CCC(=O)NC3=O)C4S)CC2)c(C)cc1Nc1ncc(Br)c(Nc2ccc3nccnc3c2P(C)(C)=O)n1. The maximum Gasteiger partial charge on any atom is 0.256 e. The Morgan fingerprint density at radius 1 is 0.983 bits per heavy atom. The predicted molar refractivity (Wildman–Crippen MR) is 231 cm³/mol. The third-order valence-electron chi connectivity index (χ3n) is 10.7. The van der Waals surface area contributed by atoms with Crippen molar-refractivity contribution >= 4 is 98.6 Å². The summed E-state index contributed by atoms with van der Waals surface area (Å²) in [5.41, 5.74) is 7.01. The molecule has 8 rings (SSSR count). The van der Waals surface area contributed by atoms with E-state index in [-0.39, 0.29) is 24.7 Å². The maximum atomic E-state index is 13.5. The molecule has 0 spiro atoms. The number of methoxy groups -OCH3 is 1. The molecule has 58 heavy (non-hydrogen) atoms. The number of carbonyl (C=O) groups excluding carboxylic acids is 3. The van der Waals surface area contributed by atoms with E-state index in [9.17, 15) is 18.9 Å². The van der Waals surface area contributed by atoms with E-state index >= 15 is 0 Å². The molecule has 18 heteroatoms. The van der Waals surface area contributed by atoms with E-state index in [0.717, 1.165) is 48.6 Å². The van der Waals surface area contributed by atoms with Gasteiger partial charge in [0.2, 0.25) is 17.8 Å². The molecular weight excluding hydrogens is 843 g/mol. The molecule has 0 aliphatic carbocycles. The van der Waals surface area contributed by atoms with Crippen LogP contribution >= 0.6 is 35.7 Å². The lowest BCUT2D eigenvalue weighted by Gasteiger charge is -2.37. The lowest BCUT2D eigenvalue weighted by Crippen LogP contribution is -2.53. The number of piperidine rings is 1. The van der Waals surface area contributed by atoms with Gasteiger partial charge in [-0.2, -0.15) is 4.98 Å². The van der Waals surface area contributed by atoms with Crippen LogP contribution in [0.4, 0.5) is 28.8 Å². The first-order valence-electron chi connectivity index (χ1n) is 18.8. The molecule has 2 fully saturated rings. The van der Waals surface area contributed by atoms with Gasteiger partial charge in [0, 0.05) is 75.1 Å². The number of hydrogen-bond donors (Lipinski definition) is 4. The number of nitrogens with zero attached hydrogens (tertiary/aromatic N) is 7. The maximum absolute atomic E-state index is 13.5. The zero-order chi connectivity index (χ0) is 40.9. The Labute approximate surface area is 349 Å². The molecule has 2 aromatic heterocycles. The zero-order valence-corrected chi connectivity index (χ0v) is 35.7. The Morgan fingerprint density at radius 2 is 1.76 bits per heavy atom. The number of thiol groups is 1. The summed E-state index contributed by atoms with van der Waals surface area (Å²) in [6.07, 6.45) is 5.34. The van der Waals surface area contributed by atoms with Gasteiger partial charge in [-0.15, -0.1) is 12.6 Å². The van der Waals surface area contributed by atoms with Gasteiger partial charge in [-0.1, -0.05) is 12.1 Å². The smallest absolute Gasteiger partial charge is 0.256 e. The normalized spacial score (nSPS) is 18.7. The Morgan fingerprint density at radius 3 is 2.50 bits per heavy atom. The van der Waals surface area contributed by atoms with Gasteiger partial charge in [0.1, 0.15) is 35.6 Å². The first-order chi connectivity index (χ1) is 27.8. The molecule has 0 saturated carbocycles. The fourth-order valence-corrected chi connectivity index (χ4v) is 10.1. The molecule has 5 heterocycles. The van der Waals surface area contributed by atoms with Crippen molar-refractivity contribution in [3.05, 3.63) is 87.8 Å². The molecule has 5 aromatic rings. The largest absolute Gasteiger partial charge is 0.494 e. The van der Waals surface area contributed by atoms with Crippen LogP contribution in [0.2, 0.25) is 0 Å². The molecule has 3 aliphatic heterocycles. The number of aryl methyl sites for hydroxylation is 1. The summed E-state index contributed by atoms with van der Waals surface area (Å²) in [5.74, 6) is 0.439. The van der Waals surface area contributed by atoms with Crippen molar-refractivity contribution in [2.45, 2.75) is 37.7 Å². The molecule has 3 aromatic carbocycles. The van der Waals surface area contributed by atoms with Gasteiger partial charge in [0.25, 0.3) is 5.91 Å². The molecule has 2 saturated heterocycles. The highest BCUT2D eigenvalue weighted by molar-refractivity contribution is 9.10. The van der Waals surface area contributed by atoms with Gasteiger partial charge >= 0.3 is 0 Å². The standard InChI is InChI=1S/C40H42BrN10O5PS/c1-22-17-29(46-40-44-20-26(41)36(48-40)45-28-8-7-27-34(43-12-11-42-27)35(28)57(3,4)55)32(56-2)19-31(22)50-15-13-49(14-16-50)21-23-5-6-24-25(18-23)38(54)51(39(24)58)30-9-10-33(52)47-37(30)53/h5-8,11-12,17-20,30,39,58H,9-10,13-16,21H2,1-4H3,(H,47,52,53)(H2,44,45,46,48). The van der Waals surface area contributed by atoms with Crippen LogP contribution in [-0.4, -0.2) is 100 Å². The number of carbonyl (C=O) groups is 3. The lowest BCUT2D eigenvalue weighted by atomic mass is 10.0. The predicted octanol–water partition coefficient (Wildman–Crippen LogP) is 5.75. The number of piperazine rings is 1. The van der Waals surface area contributed by atoms with Crippen LogP contribution in [0.1, 0.15) is 45.3 Å². The lowest BCUT2D eigenvalue weighted by molar-refractivity contribution is -0.137. The summed E-state index contributed by atoms with van der Waals surface area (Å²) in [4.78, 5) is 62.1. The number of benzene rings is 3. The van der Waals surface area contributed by atoms with Gasteiger partial charge in [-0.05, 0) is 83.6 Å². The third kappa shape index (κ3) is 7.75. The van der Waals surface area contributed by atoms with E-state index in [2.05, 4.69) is 63.6 Å². The second kappa shape index (κ2) is 15.9. The van der Waals surface area contributed by atoms with Crippen molar-refractivity contribution in [3.63, 3.8) is 0 Å².